The Labute approximate surface area is 151 Å². The Morgan fingerprint density at radius 1 is 1.21 bits per heavy atom. The van der Waals surface area contributed by atoms with Crippen LogP contribution >= 0.6 is 23.2 Å². The fourth-order valence-electron chi connectivity index (χ4n) is 2.43. The van der Waals surface area contributed by atoms with E-state index in [-0.39, 0.29) is 0 Å². The fraction of sp³-hybridized carbons (Fsp3) is 0.294. The molecule has 3 rings (SSSR count). The molecular weight excluding hydrogens is 347 g/mol. The molecule has 0 aliphatic carbocycles. The minimum Gasteiger partial charge on any atom is -0.378 e. The zero-order valence-electron chi connectivity index (χ0n) is 13.3. The third-order valence-corrected chi connectivity index (χ3v) is 4.29. The number of benzene rings is 1. The second-order valence-electron chi connectivity index (χ2n) is 5.44. The Bertz CT molecular complexity index is 728. The van der Waals surface area contributed by atoms with Crippen LogP contribution in [0.1, 0.15) is 12.5 Å². The van der Waals surface area contributed by atoms with Crippen molar-refractivity contribution in [2.75, 3.05) is 36.6 Å². The molecule has 1 aliphatic rings. The van der Waals surface area contributed by atoms with Gasteiger partial charge in [-0.15, -0.1) is 0 Å². The minimum atomic E-state index is 0.432. The van der Waals surface area contributed by atoms with E-state index in [1.807, 2.05) is 6.92 Å². The van der Waals surface area contributed by atoms with Crippen LogP contribution in [-0.4, -0.2) is 37.0 Å². The lowest BCUT2D eigenvalue weighted by atomic mass is 10.1. The SMILES string of the molecule is C/C(=N/Nc1ncc(Cl)cc1Cl)c1ccc(N2CCOCC2)cc1. The summed E-state index contributed by atoms with van der Waals surface area (Å²) < 4.78 is 5.38. The summed E-state index contributed by atoms with van der Waals surface area (Å²) in [5.74, 6) is 0.477. The molecule has 1 N–H and O–H groups in total. The predicted octanol–water partition coefficient (Wildman–Crippen LogP) is 4.06. The zero-order chi connectivity index (χ0) is 16.9. The molecule has 5 nitrogen and oxygen atoms in total. The van der Waals surface area contributed by atoms with Gasteiger partial charge < -0.3 is 9.64 Å². The average Bonchev–Trinajstić information content (AvgIpc) is 2.62. The van der Waals surface area contributed by atoms with E-state index in [9.17, 15) is 0 Å². The highest BCUT2D eigenvalue weighted by molar-refractivity contribution is 6.35. The molecule has 1 aromatic heterocycles. The number of hydrogen-bond acceptors (Lipinski definition) is 5. The molecule has 2 heterocycles. The lowest BCUT2D eigenvalue weighted by molar-refractivity contribution is 0.122. The van der Waals surface area contributed by atoms with E-state index in [2.05, 4.69) is 44.7 Å². The molecule has 1 aliphatic heterocycles. The van der Waals surface area contributed by atoms with Crippen molar-refractivity contribution in [3.63, 3.8) is 0 Å². The average molecular weight is 365 g/mol. The molecule has 0 bridgehead atoms. The largest absolute Gasteiger partial charge is 0.378 e. The molecule has 0 saturated carbocycles. The third kappa shape index (κ3) is 4.17. The number of morpholine rings is 1. The lowest BCUT2D eigenvalue weighted by Crippen LogP contribution is -2.36. The molecule has 24 heavy (non-hydrogen) atoms. The van der Waals surface area contributed by atoms with E-state index in [0.29, 0.717) is 15.9 Å². The van der Waals surface area contributed by atoms with Crippen LogP contribution in [0.5, 0.6) is 0 Å². The van der Waals surface area contributed by atoms with Gasteiger partial charge in [0.25, 0.3) is 0 Å². The Kier molecular flexibility index (Phi) is 5.56. The normalized spacial score (nSPS) is 15.5. The maximum absolute atomic E-state index is 6.07. The van der Waals surface area contributed by atoms with Crippen molar-refractivity contribution in [2.24, 2.45) is 5.10 Å². The molecule has 1 aromatic carbocycles. The van der Waals surface area contributed by atoms with E-state index >= 15 is 0 Å². The molecule has 0 unspecified atom stereocenters. The molecule has 7 heteroatoms. The summed E-state index contributed by atoms with van der Waals surface area (Å²) in [7, 11) is 0. The van der Waals surface area contributed by atoms with Gasteiger partial charge in [-0.25, -0.2) is 4.98 Å². The smallest absolute Gasteiger partial charge is 0.165 e. The van der Waals surface area contributed by atoms with Gasteiger partial charge in [0, 0.05) is 25.0 Å². The zero-order valence-corrected chi connectivity index (χ0v) is 14.8. The van der Waals surface area contributed by atoms with E-state index in [4.69, 9.17) is 27.9 Å². The summed E-state index contributed by atoms with van der Waals surface area (Å²) in [5.41, 5.74) is 5.95. The number of hydrogen-bond donors (Lipinski definition) is 1. The first-order valence-corrected chi connectivity index (χ1v) is 8.43. The molecule has 0 spiro atoms. The summed E-state index contributed by atoms with van der Waals surface area (Å²) in [6.07, 6.45) is 1.53. The van der Waals surface area contributed by atoms with E-state index in [1.54, 1.807) is 6.07 Å². The second-order valence-corrected chi connectivity index (χ2v) is 6.28. The van der Waals surface area contributed by atoms with Crippen molar-refractivity contribution in [2.45, 2.75) is 6.92 Å². The van der Waals surface area contributed by atoms with Crippen LogP contribution in [-0.2, 0) is 4.74 Å². The van der Waals surface area contributed by atoms with Gasteiger partial charge in [-0.2, -0.15) is 5.10 Å². The summed E-state index contributed by atoms with van der Waals surface area (Å²) >= 11 is 11.9. The highest BCUT2D eigenvalue weighted by Gasteiger charge is 2.11. The summed E-state index contributed by atoms with van der Waals surface area (Å²) in [4.78, 5) is 6.43. The number of nitrogens with zero attached hydrogens (tertiary/aromatic N) is 3. The number of nitrogens with one attached hydrogen (secondary N) is 1. The second kappa shape index (κ2) is 7.83. The Balaban J connectivity index is 1.68. The van der Waals surface area contributed by atoms with E-state index in [0.717, 1.165) is 37.6 Å². The third-order valence-electron chi connectivity index (χ3n) is 3.80. The first-order valence-electron chi connectivity index (χ1n) is 7.68. The van der Waals surface area contributed by atoms with E-state index < -0.39 is 0 Å². The number of aromatic nitrogens is 1. The van der Waals surface area contributed by atoms with Crippen molar-refractivity contribution in [1.82, 2.24) is 4.98 Å². The monoisotopic (exact) mass is 364 g/mol. The highest BCUT2D eigenvalue weighted by Crippen LogP contribution is 2.22. The van der Waals surface area contributed by atoms with Gasteiger partial charge in [-0.05, 0) is 30.7 Å². The van der Waals surface area contributed by atoms with Crippen LogP contribution in [0, 0.1) is 0 Å². The van der Waals surface area contributed by atoms with Gasteiger partial charge in [0.1, 0.15) is 0 Å². The van der Waals surface area contributed by atoms with Crippen molar-refractivity contribution in [3.8, 4) is 0 Å². The maximum atomic E-state index is 6.07. The van der Waals surface area contributed by atoms with Crippen LogP contribution < -0.4 is 10.3 Å². The molecule has 126 valence electrons. The van der Waals surface area contributed by atoms with Gasteiger partial charge in [-0.1, -0.05) is 35.3 Å². The van der Waals surface area contributed by atoms with Gasteiger partial charge in [0.2, 0.25) is 0 Å². The summed E-state index contributed by atoms with van der Waals surface area (Å²) in [6.45, 7) is 5.34. The van der Waals surface area contributed by atoms with Gasteiger partial charge in [0.15, 0.2) is 5.82 Å². The maximum Gasteiger partial charge on any atom is 0.165 e. The molecular formula is C17H18Cl2N4O. The first-order chi connectivity index (χ1) is 11.6. The number of ether oxygens (including phenoxy) is 1. The topological polar surface area (TPSA) is 49.8 Å². The molecule has 0 radical (unpaired) electrons. The Morgan fingerprint density at radius 2 is 1.92 bits per heavy atom. The fourth-order valence-corrected chi connectivity index (χ4v) is 2.86. The number of rotatable bonds is 4. The number of hydrazone groups is 1. The van der Waals surface area contributed by atoms with Gasteiger partial charge in [-0.3, -0.25) is 5.43 Å². The van der Waals surface area contributed by atoms with Crippen LogP contribution in [0.15, 0.2) is 41.6 Å². The molecule has 1 saturated heterocycles. The predicted molar refractivity (Wildman–Crippen MR) is 99.6 cm³/mol. The number of pyridine rings is 1. The summed E-state index contributed by atoms with van der Waals surface area (Å²) in [5, 5.41) is 5.26. The summed E-state index contributed by atoms with van der Waals surface area (Å²) in [6, 6.07) is 9.95. The standard InChI is InChI=1S/C17H18Cl2N4O/c1-12(21-22-17-16(19)10-14(18)11-20-17)13-2-4-15(5-3-13)23-6-8-24-9-7-23/h2-5,10-11H,6-9H2,1H3,(H,20,22)/b21-12-. The molecule has 0 amide bonds. The van der Waals surface area contributed by atoms with Crippen molar-refractivity contribution < 1.29 is 4.74 Å². The van der Waals surface area contributed by atoms with Crippen LogP contribution in [0.3, 0.4) is 0 Å². The first kappa shape index (κ1) is 17.0. The number of halogens is 2. The Morgan fingerprint density at radius 3 is 2.58 bits per heavy atom. The quantitative estimate of drug-likeness (QED) is 0.656. The van der Waals surface area contributed by atoms with Crippen molar-refractivity contribution in [3.05, 3.63) is 52.1 Å². The van der Waals surface area contributed by atoms with Crippen LogP contribution in [0.2, 0.25) is 10.0 Å². The van der Waals surface area contributed by atoms with Crippen LogP contribution in [0.25, 0.3) is 0 Å². The van der Waals surface area contributed by atoms with Crippen LogP contribution in [0.4, 0.5) is 11.5 Å². The highest BCUT2D eigenvalue weighted by atomic mass is 35.5. The minimum absolute atomic E-state index is 0.432. The van der Waals surface area contributed by atoms with Gasteiger partial charge >= 0.3 is 0 Å². The van der Waals surface area contributed by atoms with E-state index in [1.165, 1.54) is 11.9 Å². The molecule has 1 fully saturated rings. The van der Waals surface area contributed by atoms with Gasteiger partial charge in [0.05, 0.1) is 29.0 Å². The Hall–Kier alpha value is -1.82. The molecule has 0 atom stereocenters. The van der Waals surface area contributed by atoms with Crippen molar-refractivity contribution in [1.29, 1.82) is 0 Å². The van der Waals surface area contributed by atoms with Crippen molar-refractivity contribution >= 4 is 40.4 Å². The molecule has 2 aromatic rings. The number of anilines is 2. The lowest BCUT2D eigenvalue weighted by Gasteiger charge is -2.28.